The Labute approximate surface area is 151 Å². The SMILES string of the molecule is Cc1cccc(N2CC(C(=O)Nc3cccc(C(=O)O)c3)CC2=O)c1C. The predicted octanol–water partition coefficient (Wildman–Crippen LogP) is 2.99. The third-order valence-corrected chi connectivity index (χ3v) is 4.74. The van der Waals surface area contributed by atoms with Crippen molar-refractivity contribution < 1.29 is 19.5 Å². The summed E-state index contributed by atoms with van der Waals surface area (Å²) in [5, 5.41) is 11.8. The summed E-state index contributed by atoms with van der Waals surface area (Å²) >= 11 is 0. The van der Waals surface area contributed by atoms with Crippen LogP contribution in [0.4, 0.5) is 11.4 Å². The first-order valence-electron chi connectivity index (χ1n) is 8.37. The van der Waals surface area contributed by atoms with Gasteiger partial charge in [0.25, 0.3) is 0 Å². The molecule has 1 saturated heterocycles. The normalized spacial score (nSPS) is 16.6. The van der Waals surface area contributed by atoms with E-state index in [-0.39, 0.29) is 23.8 Å². The van der Waals surface area contributed by atoms with Gasteiger partial charge in [0.1, 0.15) is 0 Å². The number of carbonyl (C=O) groups is 3. The number of carboxylic acid groups (broad SMARTS) is 1. The van der Waals surface area contributed by atoms with Crippen molar-refractivity contribution in [3.8, 4) is 0 Å². The van der Waals surface area contributed by atoms with Gasteiger partial charge in [0.2, 0.25) is 11.8 Å². The summed E-state index contributed by atoms with van der Waals surface area (Å²) in [6.45, 7) is 4.26. The van der Waals surface area contributed by atoms with Gasteiger partial charge in [-0.3, -0.25) is 9.59 Å². The maximum atomic E-state index is 12.5. The highest BCUT2D eigenvalue weighted by molar-refractivity contribution is 6.04. The van der Waals surface area contributed by atoms with Crippen molar-refractivity contribution >= 4 is 29.2 Å². The topological polar surface area (TPSA) is 86.7 Å². The van der Waals surface area contributed by atoms with Crippen LogP contribution in [-0.2, 0) is 9.59 Å². The molecule has 1 unspecified atom stereocenters. The zero-order valence-electron chi connectivity index (χ0n) is 14.7. The Bertz CT molecular complexity index is 891. The number of aryl methyl sites for hydroxylation is 1. The molecule has 0 radical (unpaired) electrons. The number of aromatic carboxylic acids is 1. The van der Waals surface area contributed by atoms with E-state index in [1.165, 1.54) is 12.1 Å². The molecule has 1 fully saturated rings. The van der Waals surface area contributed by atoms with E-state index in [1.807, 2.05) is 32.0 Å². The largest absolute Gasteiger partial charge is 0.478 e. The van der Waals surface area contributed by atoms with E-state index in [0.29, 0.717) is 12.2 Å². The number of carbonyl (C=O) groups excluding carboxylic acids is 2. The van der Waals surface area contributed by atoms with Crippen LogP contribution in [0.2, 0.25) is 0 Å². The van der Waals surface area contributed by atoms with E-state index in [0.717, 1.165) is 16.8 Å². The highest BCUT2D eigenvalue weighted by Crippen LogP contribution is 2.30. The first-order valence-corrected chi connectivity index (χ1v) is 8.37. The predicted molar refractivity (Wildman–Crippen MR) is 98.4 cm³/mol. The van der Waals surface area contributed by atoms with Crippen molar-refractivity contribution in [2.24, 2.45) is 5.92 Å². The number of benzene rings is 2. The van der Waals surface area contributed by atoms with Crippen molar-refractivity contribution in [3.05, 3.63) is 59.2 Å². The molecular formula is C20H20N2O4. The zero-order valence-corrected chi connectivity index (χ0v) is 14.7. The van der Waals surface area contributed by atoms with Gasteiger partial charge in [-0.15, -0.1) is 0 Å². The average molecular weight is 352 g/mol. The summed E-state index contributed by atoms with van der Waals surface area (Å²) in [6, 6.07) is 11.8. The number of hydrogen-bond acceptors (Lipinski definition) is 3. The summed E-state index contributed by atoms with van der Waals surface area (Å²) in [5.74, 6) is -1.90. The molecular weight excluding hydrogens is 332 g/mol. The van der Waals surface area contributed by atoms with E-state index < -0.39 is 11.9 Å². The van der Waals surface area contributed by atoms with E-state index in [9.17, 15) is 14.4 Å². The number of rotatable bonds is 4. The minimum atomic E-state index is -1.06. The zero-order chi connectivity index (χ0) is 18.8. The molecule has 1 atom stereocenters. The molecule has 2 N–H and O–H groups in total. The third kappa shape index (κ3) is 3.44. The van der Waals surface area contributed by atoms with Crippen LogP contribution in [0.5, 0.6) is 0 Å². The van der Waals surface area contributed by atoms with E-state index in [1.54, 1.807) is 17.0 Å². The molecule has 0 spiro atoms. The highest BCUT2D eigenvalue weighted by atomic mass is 16.4. The summed E-state index contributed by atoms with van der Waals surface area (Å²) in [4.78, 5) is 37.6. The van der Waals surface area contributed by atoms with E-state index in [4.69, 9.17) is 5.11 Å². The molecule has 2 amide bonds. The number of hydrogen-bond donors (Lipinski definition) is 2. The summed E-state index contributed by atoms with van der Waals surface area (Å²) in [6.07, 6.45) is 0.137. The van der Waals surface area contributed by atoms with Gasteiger partial charge in [-0.2, -0.15) is 0 Å². The molecule has 0 aromatic heterocycles. The van der Waals surface area contributed by atoms with Crippen LogP contribution in [0, 0.1) is 19.8 Å². The van der Waals surface area contributed by atoms with Crippen molar-refractivity contribution in [1.29, 1.82) is 0 Å². The van der Waals surface area contributed by atoms with Crippen LogP contribution in [0.15, 0.2) is 42.5 Å². The number of nitrogens with zero attached hydrogens (tertiary/aromatic N) is 1. The summed E-state index contributed by atoms with van der Waals surface area (Å²) in [7, 11) is 0. The molecule has 3 rings (SSSR count). The first-order chi connectivity index (χ1) is 12.4. The Morgan fingerprint density at radius 3 is 2.62 bits per heavy atom. The smallest absolute Gasteiger partial charge is 0.335 e. The van der Waals surface area contributed by atoms with Crippen LogP contribution in [0.3, 0.4) is 0 Å². The van der Waals surface area contributed by atoms with Crippen molar-refractivity contribution in [2.75, 3.05) is 16.8 Å². The van der Waals surface area contributed by atoms with Gasteiger partial charge in [0.05, 0.1) is 11.5 Å². The Kier molecular flexibility index (Phi) is 4.75. The number of nitrogens with one attached hydrogen (secondary N) is 1. The quantitative estimate of drug-likeness (QED) is 0.886. The highest BCUT2D eigenvalue weighted by Gasteiger charge is 2.35. The fourth-order valence-electron chi connectivity index (χ4n) is 3.12. The molecule has 0 bridgehead atoms. The van der Waals surface area contributed by atoms with Crippen LogP contribution >= 0.6 is 0 Å². The lowest BCUT2D eigenvalue weighted by Crippen LogP contribution is -2.28. The minimum absolute atomic E-state index is 0.0851. The minimum Gasteiger partial charge on any atom is -0.478 e. The van der Waals surface area contributed by atoms with Crippen LogP contribution in [0.1, 0.15) is 27.9 Å². The lowest BCUT2D eigenvalue weighted by atomic mass is 10.1. The fraction of sp³-hybridized carbons (Fsp3) is 0.250. The number of amides is 2. The maximum absolute atomic E-state index is 12.5. The van der Waals surface area contributed by atoms with Gasteiger partial charge in [0.15, 0.2) is 0 Å². The monoisotopic (exact) mass is 352 g/mol. The lowest BCUT2D eigenvalue weighted by Gasteiger charge is -2.20. The number of carboxylic acids is 1. The van der Waals surface area contributed by atoms with Crippen molar-refractivity contribution in [2.45, 2.75) is 20.3 Å². The molecule has 2 aromatic carbocycles. The van der Waals surface area contributed by atoms with Crippen molar-refractivity contribution in [3.63, 3.8) is 0 Å². The molecule has 6 nitrogen and oxygen atoms in total. The molecule has 1 aliphatic heterocycles. The van der Waals surface area contributed by atoms with Gasteiger partial charge in [-0.05, 0) is 49.2 Å². The number of anilines is 2. The van der Waals surface area contributed by atoms with Crippen LogP contribution < -0.4 is 10.2 Å². The first kappa shape index (κ1) is 17.7. The van der Waals surface area contributed by atoms with Crippen LogP contribution in [0.25, 0.3) is 0 Å². The second-order valence-corrected chi connectivity index (χ2v) is 6.50. The van der Waals surface area contributed by atoms with Gasteiger partial charge >= 0.3 is 5.97 Å². The Morgan fingerprint density at radius 2 is 1.88 bits per heavy atom. The molecule has 0 aliphatic carbocycles. The van der Waals surface area contributed by atoms with Gasteiger partial charge in [-0.25, -0.2) is 4.79 Å². The van der Waals surface area contributed by atoms with Crippen LogP contribution in [-0.4, -0.2) is 29.4 Å². The Hall–Kier alpha value is -3.15. The Morgan fingerprint density at radius 1 is 1.15 bits per heavy atom. The fourth-order valence-corrected chi connectivity index (χ4v) is 3.12. The second-order valence-electron chi connectivity index (χ2n) is 6.50. The maximum Gasteiger partial charge on any atom is 0.335 e. The van der Waals surface area contributed by atoms with Gasteiger partial charge < -0.3 is 15.3 Å². The molecule has 1 heterocycles. The molecule has 6 heteroatoms. The molecule has 0 saturated carbocycles. The van der Waals surface area contributed by atoms with E-state index in [2.05, 4.69) is 5.32 Å². The molecule has 2 aromatic rings. The second kappa shape index (κ2) is 7.00. The molecule has 134 valence electrons. The van der Waals surface area contributed by atoms with Gasteiger partial charge in [-0.1, -0.05) is 18.2 Å². The van der Waals surface area contributed by atoms with Crippen molar-refractivity contribution in [1.82, 2.24) is 0 Å². The standard InChI is InChI=1S/C20H20N2O4/c1-12-5-3-8-17(13(12)2)22-11-15(10-18(22)23)19(24)21-16-7-4-6-14(9-16)20(25)26/h3-9,15H,10-11H2,1-2H3,(H,21,24)(H,25,26). The third-order valence-electron chi connectivity index (χ3n) is 4.74. The molecule has 26 heavy (non-hydrogen) atoms. The molecule has 1 aliphatic rings. The van der Waals surface area contributed by atoms with E-state index >= 15 is 0 Å². The summed E-state index contributed by atoms with van der Waals surface area (Å²) in [5.41, 5.74) is 3.46. The van der Waals surface area contributed by atoms with Gasteiger partial charge in [0, 0.05) is 24.3 Å². The average Bonchev–Trinajstić information content (AvgIpc) is 2.99. The lowest BCUT2D eigenvalue weighted by molar-refractivity contribution is -0.122. The summed E-state index contributed by atoms with van der Waals surface area (Å²) < 4.78 is 0. The Balaban J connectivity index is 1.74.